The highest BCUT2D eigenvalue weighted by molar-refractivity contribution is 6.05. The Hall–Kier alpha value is -3.11. The zero-order chi connectivity index (χ0) is 25.1. The summed E-state index contributed by atoms with van der Waals surface area (Å²) in [5, 5.41) is 13.0. The second kappa shape index (κ2) is 13.0. The number of nitrogens with zero attached hydrogens (tertiary/aromatic N) is 2. The van der Waals surface area contributed by atoms with Gasteiger partial charge in [-0.25, -0.2) is 4.79 Å². The van der Waals surface area contributed by atoms with Gasteiger partial charge in [-0.2, -0.15) is 5.10 Å². The number of hydrogen-bond acceptors (Lipinski definition) is 7. The summed E-state index contributed by atoms with van der Waals surface area (Å²) < 4.78 is 17.9. The number of amides is 2. The van der Waals surface area contributed by atoms with Gasteiger partial charge in [0.15, 0.2) is 5.82 Å². The summed E-state index contributed by atoms with van der Waals surface area (Å²) in [4.78, 5) is 24.2. The molecule has 2 aromatic rings. The Morgan fingerprint density at radius 1 is 1.03 bits per heavy atom. The monoisotopic (exact) mass is 475 g/mol. The average Bonchev–Trinajstić information content (AvgIpc) is 3.05. The van der Waals surface area contributed by atoms with Gasteiger partial charge in [0.1, 0.15) is 5.60 Å². The van der Waals surface area contributed by atoms with Gasteiger partial charge in [0, 0.05) is 43.1 Å². The summed E-state index contributed by atoms with van der Waals surface area (Å²) in [5.74, 6) is 0.327. The van der Waals surface area contributed by atoms with Crippen molar-refractivity contribution in [1.29, 1.82) is 0 Å². The van der Waals surface area contributed by atoms with Crippen molar-refractivity contribution in [3.63, 3.8) is 0 Å². The summed E-state index contributed by atoms with van der Waals surface area (Å²) in [7, 11) is 1.83. The predicted molar refractivity (Wildman–Crippen MR) is 131 cm³/mol. The van der Waals surface area contributed by atoms with Crippen LogP contribution in [0, 0.1) is 13.8 Å². The van der Waals surface area contributed by atoms with Crippen molar-refractivity contribution in [3.8, 4) is 0 Å². The molecule has 0 fully saturated rings. The molecule has 10 nitrogen and oxygen atoms in total. The minimum Gasteiger partial charge on any atom is -0.444 e. The summed E-state index contributed by atoms with van der Waals surface area (Å²) in [6, 6.07) is 7.39. The summed E-state index contributed by atoms with van der Waals surface area (Å²) in [5.41, 5.74) is 2.76. The van der Waals surface area contributed by atoms with Crippen molar-refractivity contribution in [2.24, 2.45) is 7.05 Å². The molecule has 188 valence electrons. The minimum absolute atomic E-state index is 0.200. The molecule has 0 unspecified atom stereocenters. The highest BCUT2D eigenvalue weighted by Crippen LogP contribution is 2.20. The number of rotatable bonds is 12. The molecule has 0 atom stereocenters. The van der Waals surface area contributed by atoms with E-state index in [0.717, 1.165) is 16.9 Å². The van der Waals surface area contributed by atoms with Crippen LogP contribution in [0.5, 0.6) is 0 Å². The van der Waals surface area contributed by atoms with E-state index in [2.05, 4.69) is 21.0 Å². The van der Waals surface area contributed by atoms with Crippen LogP contribution in [0.25, 0.3) is 0 Å². The first-order valence-electron chi connectivity index (χ1n) is 11.3. The van der Waals surface area contributed by atoms with Crippen molar-refractivity contribution in [1.82, 2.24) is 15.1 Å². The Morgan fingerprint density at radius 2 is 1.71 bits per heavy atom. The van der Waals surface area contributed by atoms with Gasteiger partial charge >= 0.3 is 6.09 Å². The van der Waals surface area contributed by atoms with E-state index < -0.39 is 11.7 Å². The van der Waals surface area contributed by atoms with Crippen LogP contribution in [0.15, 0.2) is 24.3 Å². The van der Waals surface area contributed by atoms with Crippen LogP contribution in [0.3, 0.4) is 0 Å². The van der Waals surface area contributed by atoms with E-state index in [1.807, 2.05) is 59.9 Å². The maximum atomic E-state index is 12.7. The lowest BCUT2D eigenvalue weighted by Gasteiger charge is -2.19. The minimum atomic E-state index is -0.516. The normalized spacial score (nSPS) is 11.2. The fourth-order valence-electron chi connectivity index (χ4n) is 3.00. The van der Waals surface area contributed by atoms with Crippen LogP contribution in [-0.2, 0) is 21.3 Å². The topological polar surface area (TPSA) is 116 Å². The maximum Gasteiger partial charge on any atom is 0.407 e. The predicted octanol–water partition coefficient (Wildman–Crippen LogP) is 3.26. The first kappa shape index (κ1) is 27.1. The first-order chi connectivity index (χ1) is 16.1. The molecule has 1 aromatic carbocycles. The number of ether oxygens (including phenoxy) is 3. The molecule has 0 radical (unpaired) electrons. The molecule has 34 heavy (non-hydrogen) atoms. The fourth-order valence-corrected chi connectivity index (χ4v) is 3.00. The van der Waals surface area contributed by atoms with Gasteiger partial charge in [0.25, 0.3) is 5.91 Å². The first-order valence-corrected chi connectivity index (χ1v) is 11.3. The number of benzene rings is 1. The maximum absolute atomic E-state index is 12.7. The second-order valence-electron chi connectivity index (χ2n) is 8.81. The van der Waals surface area contributed by atoms with Crippen LogP contribution in [0.4, 0.5) is 16.3 Å². The number of alkyl carbamates (subject to hydrolysis) is 1. The third-order valence-electron chi connectivity index (χ3n) is 4.78. The summed E-state index contributed by atoms with van der Waals surface area (Å²) >= 11 is 0. The van der Waals surface area contributed by atoms with E-state index in [1.54, 1.807) is 10.7 Å². The van der Waals surface area contributed by atoms with E-state index in [-0.39, 0.29) is 5.91 Å². The third-order valence-corrected chi connectivity index (χ3v) is 4.78. The number of carbonyl (C=O) groups excluding carboxylic acids is 2. The largest absolute Gasteiger partial charge is 0.444 e. The van der Waals surface area contributed by atoms with Crippen LogP contribution >= 0.6 is 0 Å². The molecule has 0 aliphatic heterocycles. The Labute approximate surface area is 201 Å². The molecular formula is C24H37N5O5. The van der Waals surface area contributed by atoms with Crippen molar-refractivity contribution in [3.05, 3.63) is 41.1 Å². The molecule has 0 saturated heterocycles. The molecule has 2 amide bonds. The third kappa shape index (κ3) is 9.40. The van der Waals surface area contributed by atoms with Crippen molar-refractivity contribution >= 4 is 23.5 Å². The lowest BCUT2D eigenvalue weighted by Crippen LogP contribution is -2.34. The van der Waals surface area contributed by atoms with Gasteiger partial charge in [0.2, 0.25) is 0 Å². The number of hydrogen-bond donors (Lipinski definition) is 3. The molecule has 2 rings (SSSR count). The Bertz CT molecular complexity index is 932. The summed E-state index contributed by atoms with van der Waals surface area (Å²) in [6.07, 6.45) is -0.456. The molecule has 1 heterocycles. The van der Waals surface area contributed by atoms with Gasteiger partial charge in [-0.1, -0.05) is 6.07 Å². The zero-order valence-electron chi connectivity index (χ0n) is 21.0. The van der Waals surface area contributed by atoms with Gasteiger partial charge in [-0.15, -0.1) is 0 Å². The van der Waals surface area contributed by atoms with Gasteiger partial charge < -0.3 is 30.2 Å². The second-order valence-corrected chi connectivity index (χ2v) is 8.81. The molecule has 0 spiro atoms. The van der Waals surface area contributed by atoms with Gasteiger partial charge in [-0.05, 0) is 52.3 Å². The number of carbonyl (C=O) groups is 2. The molecule has 10 heteroatoms. The lowest BCUT2D eigenvalue weighted by molar-refractivity contribution is 0.0415. The van der Waals surface area contributed by atoms with E-state index in [0.29, 0.717) is 50.9 Å². The molecule has 3 N–H and O–H groups in total. The molecule has 0 aliphatic rings. The standard InChI is InChI=1S/C24H37N5O5/c1-17-16-21(28-29(17)6)27-22(30)19-8-7-9-20(18(19)2)25-10-12-32-14-15-33-13-11-26-23(31)34-24(3,4)5/h7-9,16,25H,10-15H2,1-6H3,(H,26,31)(H,27,28,30). The number of nitrogens with one attached hydrogen (secondary N) is 3. The van der Waals surface area contributed by atoms with Crippen molar-refractivity contribution in [2.75, 3.05) is 50.2 Å². The van der Waals surface area contributed by atoms with Crippen molar-refractivity contribution < 1.29 is 23.8 Å². The quantitative estimate of drug-likeness (QED) is 0.404. The Morgan fingerprint density at radius 3 is 2.32 bits per heavy atom. The number of aryl methyl sites for hydroxylation is 2. The Kier molecular flexibility index (Phi) is 10.3. The molecule has 0 saturated carbocycles. The van der Waals surface area contributed by atoms with E-state index >= 15 is 0 Å². The zero-order valence-corrected chi connectivity index (χ0v) is 21.0. The van der Waals surface area contributed by atoms with Gasteiger partial charge in [0.05, 0.1) is 26.4 Å². The number of anilines is 2. The molecule has 0 bridgehead atoms. The Balaban J connectivity index is 1.62. The molecular weight excluding hydrogens is 438 g/mol. The van der Waals surface area contributed by atoms with Crippen molar-refractivity contribution in [2.45, 2.75) is 40.2 Å². The van der Waals surface area contributed by atoms with Crippen LogP contribution in [0.2, 0.25) is 0 Å². The van der Waals surface area contributed by atoms with E-state index in [1.165, 1.54) is 0 Å². The lowest BCUT2D eigenvalue weighted by atomic mass is 10.1. The summed E-state index contributed by atoms with van der Waals surface area (Å²) in [6.45, 7) is 12.0. The SMILES string of the molecule is Cc1c(NCCOCCOCCNC(=O)OC(C)(C)C)cccc1C(=O)Nc1cc(C)n(C)n1. The molecule has 1 aromatic heterocycles. The van der Waals surface area contributed by atoms with E-state index in [9.17, 15) is 9.59 Å². The average molecular weight is 476 g/mol. The fraction of sp³-hybridized carbons (Fsp3) is 0.542. The highest BCUT2D eigenvalue weighted by atomic mass is 16.6. The van der Waals surface area contributed by atoms with Crippen LogP contribution < -0.4 is 16.0 Å². The highest BCUT2D eigenvalue weighted by Gasteiger charge is 2.15. The van der Waals surface area contributed by atoms with Crippen LogP contribution in [-0.4, -0.2) is 66.9 Å². The smallest absolute Gasteiger partial charge is 0.407 e. The number of aromatic nitrogens is 2. The molecule has 0 aliphatic carbocycles. The van der Waals surface area contributed by atoms with Crippen LogP contribution in [0.1, 0.15) is 42.4 Å². The van der Waals surface area contributed by atoms with E-state index in [4.69, 9.17) is 14.2 Å². The van der Waals surface area contributed by atoms with Gasteiger partial charge in [-0.3, -0.25) is 9.48 Å².